The number of hydrogen-bond donors (Lipinski definition) is 2. The molecule has 1 heterocycles. The molecule has 6 rings (SSSR count). The maximum atomic E-state index is 14.3. The van der Waals surface area contributed by atoms with Gasteiger partial charge in [0, 0.05) is 19.1 Å². The van der Waals surface area contributed by atoms with Crippen molar-refractivity contribution in [3.05, 3.63) is 107 Å². The number of likely N-dealkylation sites (tertiary alicyclic amines) is 1. The molecule has 3 N–H and O–H groups in total. The number of carbonyl (C=O) groups is 2. The van der Waals surface area contributed by atoms with E-state index in [-0.39, 0.29) is 29.8 Å². The number of hydrazone groups is 1. The second-order valence-corrected chi connectivity index (χ2v) is 13.3. The van der Waals surface area contributed by atoms with Crippen LogP contribution in [-0.2, 0) is 39.0 Å². The Kier molecular flexibility index (Phi) is 8.55. The molecule has 1 aliphatic carbocycles. The highest BCUT2D eigenvalue weighted by Crippen LogP contribution is 2.30. The van der Waals surface area contributed by atoms with Gasteiger partial charge in [0.15, 0.2) is 0 Å². The highest BCUT2D eigenvalue weighted by molar-refractivity contribution is 7.89. The van der Waals surface area contributed by atoms with Gasteiger partial charge in [-0.25, -0.2) is 8.42 Å². The average Bonchev–Trinajstić information content (AvgIpc) is 3.61. The van der Waals surface area contributed by atoms with Crippen LogP contribution in [-0.4, -0.2) is 67.9 Å². The second-order valence-electron chi connectivity index (χ2n) is 11.5. The lowest BCUT2D eigenvalue weighted by Gasteiger charge is -2.28. The number of nitrogens with one attached hydrogen (secondary N) is 1. The summed E-state index contributed by atoms with van der Waals surface area (Å²) in [6.45, 7) is 0.162. The normalized spacial score (nSPS) is 17.0. The molecule has 0 bridgehead atoms. The maximum Gasteiger partial charge on any atom is 0.244 e. The van der Waals surface area contributed by atoms with Gasteiger partial charge in [-0.2, -0.15) is 9.41 Å². The summed E-state index contributed by atoms with van der Waals surface area (Å²) in [7, 11) is -2.72. The van der Waals surface area contributed by atoms with Crippen LogP contribution in [0, 0.1) is 0 Å². The zero-order valence-electron chi connectivity index (χ0n) is 24.9. The molecule has 0 saturated carbocycles. The van der Waals surface area contributed by atoms with Crippen LogP contribution in [0.5, 0.6) is 5.75 Å². The predicted octanol–water partition coefficient (Wildman–Crippen LogP) is 3.22. The summed E-state index contributed by atoms with van der Waals surface area (Å²) in [5.74, 6) is 5.10. The lowest BCUT2D eigenvalue weighted by Crippen LogP contribution is -2.50. The van der Waals surface area contributed by atoms with Crippen LogP contribution in [0.3, 0.4) is 0 Å². The van der Waals surface area contributed by atoms with Crippen molar-refractivity contribution in [3.63, 3.8) is 0 Å². The molecule has 1 fully saturated rings. The van der Waals surface area contributed by atoms with E-state index in [0.29, 0.717) is 30.5 Å². The number of benzene rings is 4. The topological polar surface area (TPSA) is 134 Å². The molecule has 1 saturated heterocycles. The zero-order chi connectivity index (χ0) is 31.6. The standard InChI is InChI=1S/C34H35N5O5S/c1-44-30-11-9-25-10-12-31(19-28(25)18-30)45(42,43)39(22-33(40)37-29-16-26-7-2-3-8-27(26)17-29)32-13-14-38(34(32)41)21-24-6-4-5-23(15-24)20-36-35/h2-12,15,18-20,29,32H,13-14,16-17,21-22,35H2,1H3,(H,37,40)/t32-/m0/s1. The quantitative estimate of drug-likeness (QED) is 0.158. The highest BCUT2D eigenvalue weighted by atomic mass is 32.2. The Morgan fingerprint density at radius 3 is 2.51 bits per heavy atom. The van der Waals surface area contributed by atoms with Crippen molar-refractivity contribution < 1.29 is 22.7 Å². The zero-order valence-corrected chi connectivity index (χ0v) is 25.7. The average molecular weight is 626 g/mol. The van der Waals surface area contributed by atoms with Crippen LogP contribution in [0.25, 0.3) is 10.8 Å². The molecule has 0 aromatic heterocycles. The van der Waals surface area contributed by atoms with Gasteiger partial charge in [-0.1, -0.05) is 54.6 Å². The van der Waals surface area contributed by atoms with Crippen LogP contribution in [0.2, 0.25) is 0 Å². The molecule has 0 spiro atoms. The third-order valence-corrected chi connectivity index (χ3v) is 10.4. The minimum Gasteiger partial charge on any atom is -0.497 e. The van der Waals surface area contributed by atoms with E-state index in [9.17, 15) is 18.0 Å². The molecular weight excluding hydrogens is 590 g/mol. The van der Waals surface area contributed by atoms with Crippen molar-refractivity contribution >= 4 is 38.8 Å². The molecule has 2 aliphatic rings. The Morgan fingerprint density at radius 1 is 1.02 bits per heavy atom. The van der Waals surface area contributed by atoms with Crippen LogP contribution < -0.4 is 15.9 Å². The number of nitrogens with zero attached hydrogens (tertiary/aromatic N) is 3. The van der Waals surface area contributed by atoms with E-state index in [1.54, 1.807) is 36.3 Å². The van der Waals surface area contributed by atoms with E-state index in [0.717, 1.165) is 20.8 Å². The van der Waals surface area contributed by atoms with Gasteiger partial charge in [0.25, 0.3) is 0 Å². The van der Waals surface area contributed by atoms with Gasteiger partial charge >= 0.3 is 0 Å². The molecule has 4 aromatic rings. The van der Waals surface area contributed by atoms with E-state index in [2.05, 4.69) is 10.4 Å². The summed E-state index contributed by atoms with van der Waals surface area (Å²) in [4.78, 5) is 29.0. The number of carbonyl (C=O) groups excluding carboxylic acids is 2. The molecule has 2 amide bonds. The molecule has 0 radical (unpaired) electrons. The van der Waals surface area contributed by atoms with Crippen molar-refractivity contribution in [2.24, 2.45) is 10.9 Å². The number of hydrogen-bond acceptors (Lipinski definition) is 7. The van der Waals surface area contributed by atoms with E-state index in [4.69, 9.17) is 10.6 Å². The summed E-state index contributed by atoms with van der Waals surface area (Å²) in [6.07, 6.45) is 3.12. The molecule has 1 aliphatic heterocycles. The highest BCUT2D eigenvalue weighted by Gasteiger charge is 2.43. The predicted molar refractivity (Wildman–Crippen MR) is 172 cm³/mol. The Morgan fingerprint density at radius 2 is 1.78 bits per heavy atom. The third kappa shape index (κ3) is 6.40. The molecule has 45 heavy (non-hydrogen) atoms. The smallest absolute Gasteiger partial charge is 0.244 e. The first-order valence-corrected chi connectivity index (χ1v) is 16.3. The summed E-state index contributed by atoms with van der Waals surface area (Å²) in [6, 6.07) is 24.5. The number of methoxy groups -OCH3 is 1. The number of rotatable bonds is 10. The Hall–Kier alpha value is -4.74. The Bertz CT molecular complexity index is 1870. The minimum atomic E-state index is -4.27. The van der Waals surface area contributed by atoms with Crippen molar-refractivity contribution in [3.8, 4) is 5.75 Å². The van der Waals surface area contributed by atoms with E-state index >= 15 is 0 Å². The number of ether oxygens (including phenoxy) is 1. The van der Waals surface area contributed by atoms with Gasteiger partial charge in [-0.3, -0.25) is 9.59 Å². The summed E-state index contributed by atoms with van der Waals surface area (Å²) < 4.78 is 35.0. The second kappa shape index (κ2) is 12.7. The van der Waals surface area contributed by atoms with E-state index < -0.39 is 28.5 Å². The van der Waals surface area contributed by atoms with E-state index in [1.807, 2.05) is 54.6 Å². The monoisotopic (exact) mass is 625 g/mol. The summed E-state index contributed by atoms with van der Waals surface area (Å²) in [5.41, 5.74) is 3.99. The first-order chi connectivity index (χ1) is 21.7. The van der Waals surface area contributed by atoms with Gasteiger partial charge in [0.1, 0.15) is 11.8 Å². The maximum absolute atomic E-state index is 14.3. The first kappa shape index (κ1) is 30.3. The minimum absolute atomic E-state index is 0.00403. The third-order valence-electron chi connectivity index (χ3n) is 8.51. The summed E-state index contributed by atoms with van der Waals surface area (Å²) in [5, 5.41) is 8.10. The number of fused-ring (bicyclic) bond motifs is 2. The number of sulfonamides is 1. The van der Waals surface area contributed by atoms with Crippen LogP contribution in [0.4, 0.5) is 0 Å². The molecular formula is C34H35N5O5S. The van der Waals surface area contributed by atoms with Gasteiger partial charge < -0.3 is 20.8 Å². The largest absolute Gasteiger partial charge is 0.497 e. The van der Waals surface area contributed by atoms with Gasteiger partial charge in [0.05, 0.1) is 24.8 Å². The molecule has 10 nitrogen and oxygen atoms in total. The van der Waals surface area contributed by atoms with Crippen molar-refractivity contribution in [1.82, 2.24) is 14.5 Å². The molecule has 1 atom stereocenters. The molecule has 0 unspecified atom stereocenters. The molecule has 11 heteroatoms. The SMILES string of the molecule is COc1ccc2ccc(S(=O)(=O)N(CC(=O)NC3Cc4ccccc4C3)[C@H]3CCN(Cc4cccc(C=NN)c4)C3=O)cc2c1. The van der Waals surface area contributed by atoms with Crippen LogP contribution >= 0.6 is 0 Å². The fourth-order valence-corrected chi connectivity index (χ4v) is 7.89. The Balaban J connectivity index is 1.27. The lowest BCUT2D eigenvalue weighted by molar-refractivity contribution is -0.132. The Labute approximate surface area is 262 Å². The van der Waals surface area contributed by atoms with E-state index in [1.165, 1.54) is 23.4 Å². The van der Waals surface area contributed by atoms with Crippen LogP contribution in [0.1, 0.15) is 28.7 Å². The number of amides is 2. The van der Waals surface area contributed by atoms with Gasteiger partial charge in [0.2, 0.25) is 21.8 Å². The lowest BCUT2D eigenvalue weighted by atomic mass is 10.1. The molecule has 4 aromatic carbocycles. The van der Waals surface area contributed by atoms with Gasteiger partial charge in [-0.15, -0.1) is 0 Å². The van der Waals surface area contributed by atoms with Crippen molar-refractivity contribution in [1.29, 1.82) is 0 Å². The van der Waals surface area contributed by atoms with Crippen LogP contribution in [0.15, 0.2) is 94.9 Å². The van der Waals surface area contributed by atoms with Crippen molar-refractivity contribution in [2.45, 2.75) is 42.8 Å². The fourth-order valence-electron chi connectivity index (χ4n) is 6.29. The first-order valence-electron chi connectivity index (χ1n) is 14.8. The fraction of sp³-hybridized carbons (Fsp3) is 0.265. The summed E-state index contributed by atoms with van der Waals surface area (Å²) >= 11 is 0. The number of nitrogens with two attached hydrogens (primary N) is 1. The van der Waals surface area contributed by atoms with Gasteiger partial charge in [-0.05, 0) is 82.6 Å². The molecule has 232 valence electrons. The van der Waals surface area contributed by atoms with Crippen molar-refractivity contribution in [2.75, 3.05) is 20.2 Å².